The summed E-state index contributed by atoms with van der Waals surface area (Å²) < 4.78 is 10.7. The summed E-state index contributed by atoms with van der Waals surface area (Å²) in [6, 6.07) is -0.535. The van der Waals surface area contributed by atoms with E-state index >= 15 is 0 Å². The van der Waals surface area contributed by atoms with Gasteiger partial charge >= 0.3 is 12.2 Å². The van der Waals surface area contributed by atoms with Crippen molar-refractivity contribution in [3.63, 3.8) is 0 Å². The summed E-state index contributed by atoms with van der Waals surface area (Å²) in [6.07, 6.45) is 10.8. The molecule has 3 fully saturated rings. The van der Waals surface area contributed by atoms with Gasteiger partial charge < -0.3 is 20.1 Å². The van der Waals surface area contributed by atoms with Crippen molar-refractivity contribution < 1.29 is 28.7 Å². The highest BCUT2D eigenvalue weighted by molar-refractivity contribution is 6.01. The van der Waals surface area contributed by atoms with Crippen LogP contribution in [0.3, 0.4) is 0 Å². The van der Waals surface area contributed by atoms with Crippen LogP contribution in [0.5, 0.6) is 0 Å². The number of nitrogens with zero attached hydrogens (tertiary/aromatic N) is 1. The van der Waals surface area contributed by atoms with Crippen molar-refractivity contribution >= 4 is 30.0 Å². The zero-order valence-electron chi connectivity index (χ0n) is 21.3. The molecule has 0 bridgehead atoms. The second kappa shape index (κ2) is 14.6. The zero-order valence-corrected chi connectivity index (χ0v) is 21.3. The largest absolute Gasteiger partial charge is 0.449 e. The number of amides is 4. The van der Waals surface area contributed by atoms with Crippen molar-refractivity contribution in [2.45, 2.75) is 83.1 Å². The van der Waals surface area contributed by atoms with E-state index in [-0.39, 0.29) is 24.3 Å². The number of alkyl carbamates (subject to hydrolysis) is 2. The first-order valence-corrected chi connectivity index (χ1v) is 13.4. The van der Waals surface area contributed by atoms with Crippen LogP contribution >= 0.6 is 0 Å². The Morgan fingerprint density at radius 3 is 1.89 bits per heavy atom. The summed E-state index contributed by atoms with van der Waals surface area (Å²) in [4.78, 5) is 52.7. The molecule has 0 aromatic rings. The molecule has 11 heteroatoms. The molecule has 0 aromatic carbocycles. The summed E-state index contributed by atoms with van der Waals surface area (Å²) in [5.74, 6) is -0.126. The lowest BCUT2D eigenvalue weighted by Gasteiger charge is -2.35. The van der Waals surface area contributed by atoms with Gasteiger partial charge in [0.05, 0.1) is 19.1 Å². The fourth-order valence-corrected chi connectivity index (χ4v) is 5.09. The summed E-state index contributed by atoms with van der Waals surface area (Å²) in [7, 11) is 1.53. The molecule has 0 spiro atoms. The Balaban J connectivity index is 1.48. The average Bonchev–Trinajstić information content (AvgIpc) is 2.89. The first kappa shape index (κ1) is 27.7. The molecule has 0 radical (unpaired) electrons. The Hall–Kier alpha value is -2.85. The molecule has 1 heterocycles. The van der Waals surface area contributed by atoms with Crippen LogP contribution in [-0.2, 0) is 19.1 Å². The van der Waals surface area contributed by atoms with Crippen LogP contribution in [0.1, 0.15) is 77.0 Å². The minimum atomic E-state index is -0.676. The third-order valence-electron chi connectivity index (χ3n) is 7.30. The van der Waals surface area contributed by atoms with Gasteiger partial charge in [0.1, 0.15) is 6.04 Å². The Kier molecular flexibility index (Phi) is 11.3. The number of ether oxygens (including phenoxy) is 2. The van der Waals surface area contributed by atoms with Gasteiger partial charge in [0.2, 0.25) is 17.8 Å². The zero-order chi connectivity index (χ0) is 25.8. The molecule has 0 unspecified atom stereocenters. The van der Waals surface area contributed by atoms with Crippen molar-refractivity contribution in [1.82, 2.24) is 21.3 Å². The van der Waals surface area contributed by atoms with Crippen LogP contribution in [0.15, 0.2) is 4.99 Å². The fourth-order valence-electron chi connectivity index (χ4n) is 5.09. The summed E-state index contributed by atoms with van der Waals surface area (Å²) in [6.45, 7) is 0.914. The van der Waals surface area contributed by atoms with E-state index in [2.05, 4.69) is 26.3 Å². The second-order valence-corrected chi connectivity index (χ2v) is 10.0. The molecule has 4 N–H and O–H groups in total. The van der Waals surface area contributed by atoms with E-state index in [0.29, 0.717) is 37.9 Å². The Labute approximate surface area is 212 Å². The highest BCUT2D eigenvalue weighted by Crippen LogP contribution is 2.24. The van der Waals surface area contributed by atoms with Gasteiger partial charge in [-0.25, -0.2) is 9.59 Å². The predicted molar refractivity (Wildman–Crippen MR) is 133 cm³/mol. The van der Waals surface area contributed by atoms with Crippen molar-refractivity contribution in [2.75, 3.05) is 26.8 Å². The molecule has 2 aliphatic carbocycles. The van der Waals surface area contributed by atoms with E-state index < -0.39 is 24.1 Å². The van der Waals surface area contributed by atoms with E-state index in [1.54, 1.807) is 0 Å². The van der Waals surface area contributed by atoms with Crippen molar-refractivity contribution in [2.24, 2.45) is 22.7 Å². The number of rotatable bonds is 9. The van der Waals surface area contributed by atoms with Crippen LogP contribution in [0.2, 0.25) is 0 Å². The summed E-state index contributed by atoms with van der Waals surface area (Å²) >= 11 is 0. The first-order valence-electron chi connectivity index (χ1n) is 13.4. The smallest absolute Gasteiger partial charge is 0.413 e. The Morgan fingerprint density at radius 2 is 1.42 bits per heavy atom. The van der Waals surface area contributed by atoms with Gasteiger partial charge in [0.25, 0.3) is 0 Å². The molecule has 11 nitrogen and oxygen atoms in total. The van der Waals surface area contributed by atoms with Gasteiger partial charge in [-0.1, -0.05) is 38.5 Å². The maximum absolute atomic E-state index is 12.4. The molecule has 202 valence electrons. The average molecular weight is 508 g/mol. The van der Waals surface area contributed by atoms with Crippen molar-refractivity contribution in [3.05, 3.63) is 0 Å². The number of guanidine groups is 1. The van der Waals surface area contributed by atoms with Gasteiger partial charge in [-0.2, -0.15) is 0 Å². The number of carbonyl (C=O) groups excluding carboxylic acids is 4. The molecule has 1 aliphatic heterocycles. The molecule has 36 heavy (non-hydrogen) atoms. The fraction of sp³-hybridized carbons (Fsp3) is 0.800. The lowest BCUT2D eigenvalue weighted by molar-refractivity contribution is -0.143. The normalized spacial score (nSPS) is 22.4. The van der Waals surface area contributed by atoms with E-state index in [0.717, 1.165) is 51.4 Å². The minimum Gasteiger partial charge on any atom is -0.449 e. The molecule has 3 rings (SSSR count). The summed E-state index contributed by atoms with van der Waals surface area (Å²) in [5.41, 5.74) is 0. The number of hydrogen-bond donors (Lipinski definition) is 4. The number of β-lactam (4-membered cyclic amide) rings is 1. The third-order valence-corrected chi connectivity index (χ3v) is 7.30. The molecular formula is C25H41N5O6. The van der Waals surface area contributed by atoms with Gasteiger partial charge in [0.15, 0.2) is 0 Å². The number of hydrogen-bond acceptors (Lipinski definition) is 7. The summed E-state index contributed by atoms with van der Waals surface area (Å²) in [5, 5.41) is 10.2. The molecule has 2 atom stereocenters. The monoisotopic (exact) mass is 507 g/mol. The molecular weight excluding hydrogens is 466 g/mol. The van der Waals surface area contributed by atoms with Crippen molar-refractivity contribution in [3.8, 4) is 0 Å². The number of carbonyl (C=O) groups is 4. The lowest BCUT2D eigenvalue weighted by atomic mass is 9.86. The van der Waals surface area contributed by atoms with Crippen LogP contribution in [0.25, 0.3) is 0 Å². The topological polar surface area (TPSA) is 147 Å². The van der Waals surface area contributed by atoms with E-state index in [4.69, 9.17) is 9.47 Å². The standard InChI is InChI=1S/C25H41N5O6/c1-26-22(32)20-19(21(31)28-20)13-8-14-27-23(29-24(33)35-15-17-9-4-2-5-10-17)30-25(34)36-16-18-11-6-3-7-12-18/h17-20H,2-16H2,1H3,(H,26,32)(H,28,31)(H2,27,29,30,33,34)/t19-,20+/m1/s1. The lowest BCUT2D eigenvalue weighted by Crippen LogP contribution is -2.64. The van der Waals surface area contributed by atoms with Gasteiger partial charge in [-0.3, -0.25) is 25.2 Å². The van der Waals surface area contributed by atoms with Gasteiger partial charge in [0, 0.05) is 13.6 Å². The Bertz CT molecular complexity index is 754. The van der Waals surface area contributed by atoms with Crippen LogP contribution in [-0.4, -0.2) is 62.8 Å². The maximum atomic E-state index is 12.4. The molecule has 1 saturated heterocycles. The second-order valence-electron chi connectivity index (χ2n) is 10.0. The maximum Gasteiger partial charge on any atom is 0.413 e. The SMILES string of the molecule is CNC(=O)[C@H]1NC(=O)[C@@H]1CCCN=C(NC(=O)OCC1CCCCC1)NC(=O)OCC1CCCCC1. The predicted octanol–water partition coefficient (Wildman–Crippen LogP) is 2.60. The number of likely N-dealkylation sites (N-methyl/N-ethyl adjacent to an activating group) is 1. The van der Waals surface area contributed by atoms with E-state index in [9.17, 15) is 19.2 Å². The van der Waals surface area contributed by atoms with Crippen LogP contribution < -0.4 is 21.3 Å². The molecule has 4 amide bonds. The minimum absolute atomic E-state index is 0.0433. The van der Waals surface area contributed by atoms with E-state index in [1.165, 1.54) is 19.9 Å². The van der Waals surface area contributed by atoms with E-state index in [1.807, 2.05) is 0 Å². The molecule has 3 aliphatic rings. The first-order chi connectivity index (χ1) is 17.5. The highest BCUT2D eigenvalue weighted by atomic mass is 16.6. The van der Waals surface area contributed by atoms with Crippen LogP contribution in [0, 0.1) is 17.8 Å². The van der Waals surface area contributed by atoms with Crippen molar-refractivity contribution in [1.29, 1.82) is 0 Å². The van der Waals surface area contributed by atoms with Gasteiger partial charge in [-0.15, -0.1) is 0 Å². The third kappa shape index (κ3) is 8.98. The highest BCUT2D eigenvalue weighted by Gasteiger charge is 2.42. The van der Waals surface area contributed by atoms with Gasteiger partial charge in [-0.05, 0) is 50.4 Å². The quantitative estimate of drug-likeness (QED) is 0.163. The number of nitrogens with one attached hydrogen (secondary N) is 4. The molecule has 0 aromatic heterocycles. The van der Waals surface area contributed by atoms with Crippen LogP contribution in [0.4, 0.5) is 9.59 Å². The Morgan fingerprint density at radius 1 is 0.889 bits per heavy atom. The molecule has 2 saturated carbocycles. The number of aliphatic imine (C=N–C) groups is 1.